The third-order valence-electron chi connectivity index (χ3n) is 5.41. The van der Waals surface area contributed by atoms with E-state index in [0.717, 1.165) is 5.56 Å². The van der Waals surface area contributed by atoms with E-state index >= 15 is 0 Å². The van der Waals surface area contributed by atoms with Gasteiger partial charge in [0.1, 0.15) is 41.8 Å². The number of ether oxygens (including phenoxy) is 2. The number of imidazole rings is 1. The van der Waals surface area contributed by atoms with Crippen LogP contribution in [-0.2, 0) is 24.8 Å². The molecule has 0 amide bonds. The number of hydrogen-bond acceptors (Lipinski definition) is 12. The van der Waals surface area contributed by atoms with E-state index in [2.05, 4.69) is 15.0 Å². The second-order valence-corrected chi connectivity index (χ2v) is 8.80. The number of nitrogens with zero attached hydrogens (tertiary/aromatic N) is 5. The maximum absolute atomic E-state index is 11.7. The smallest absolute Gasteiger partial charge is 0.306 e. The summed E-state index contributed by atoms with van der Waals surface area (Å²) in [6, 6.07) is 6.15. The fourth-order valence-corrected chi connectivity index (χ4v) is 4.44. The average Bonchev–Trinajstić information content (AvgIpc) is 3.41. The molecule has 0 spiro atoms. The highest BCUT2D eigenvalue weighted by molar-refractivity contribution is 7.98. The largest absolute Gasteiger partial charge is 0.481 e. The Hall–Kier alpha value is -3.66. The predicted molar refractivity (Wildman–Crippen MR) is 122 cm³/mol. The van der Waals surface area contributed by atoms with Crippen molar-refractivity contribution in [2.45, 2.75) is 48.2 Å². The number of thioether (sulfide) groups is 1. The number of carboxylic acids is 1. The SMILES string of the molecule is O=C(O)CCC(=O)OC[C@H]1O[C@@H](n2cnc3c(SCc4ccc([N+](=O)[O-])cc4)ncnc32)[C@H](O)[C@@H]1O. The summed E-state index contributed by atoms with van der Waals surface area (Å²) in [5.74, 6) is -1.44. The van der Waals surface area contributed by atoms with Crippen LogP contribution in [0.4, 0.5) is 5.69 Å². The number of hydrogen-bond donors (Lipinski definition) is 3. The van der Waals surface area contributed by atoms with Crippen LogP contribution in [0.2, 0.25) is 0 Å². The first kappa shape index (κ1) is 25.4. The average molecular weight is 519 g/mol. The third-order valence-corrected chi connectivity index (χ3v) is 6.46. The maximum atomic E-state index is 11.7. The van der Waals surface area contributed by atoms with Crippen LogP contribution < -0.4 is 0 Å². The van der Waals surface area contributed by atoms with Gasteiger partial charge in [0.25, 0.3) is 5.69 Å². The molecular formula is C21H21N5O9S. The van der Waals surface area contributed by atoms with Crippen LogP contribution >= 0.6 is 11.8 Å². The molecule has 3 N–H and O–H groups in total. The number of carbonyl (C=O) groups is 2. The van der Waals surface area contributed by atoms with Gasteiger partial charge in [0.05, 0.1) is 24.1 Å². The summed E-state index contributed by atoms with van der Waals surface area (Å²) in [6.45, 7) is -0.370. The molecule has 0 saturated carbocycles. The summed E-state index contributed by atoms with van der Waals surface area (Å²) in [5.41, 5.74) is 1.61. The minimum atomic E-state index is -1.38. The minimum Gasteiger partial charge on any atom is -0.481 e. The van der Waals surface area contributed by atoms with E-state index in [-0.39, 0.29) is 25.1 Å². The van der Waals surface area contributed by atoms with Gasteiger partial charge in [-0.05, 0) is 5.56 Å². The first-order chi connectivity index (χ1) is 17.2. The lowest BCUT2D eigenvalue weighted by Gasteiger charge is -2.16. The number of fused-ring (bicyclic) bond motifs is 1. The number of aliphatic hydroxyl groups excluding tert-OH is 2. The van der Waals surface area contributed by atoms with Crippen molar-refractivity contribution in [1.29, 1.82) is 0 Å². The molecule has 1 aliphatic rings. The Kier molecular flexibility index (Phi) is 7.73. The van der Waals surface area contributed by atoms with Crippen molar-refractivity contribution in [2.75, 3.05) is 6.61 Å². The van der Waals surface area contributed by atoms with E-state index < -0.39 is 41.4 Å². The molecule has 0 unspecified atom stereocenters. The van der Waals surface area contributed by atoms with Gasteiger partial charge >= 0.3 is 11.9 Å². The second-order valence-electron chi connectivity index (χ2n) is 7.84. The molecule has 0 radical (unpaired) electrons. The van der Waals surface area contributed by atoms with Crippen molar-refractivity contribution in [3.63, 3.8) is 0 Å². The topological polar surface area (TPSA) is 200 Å². The normalized spacial score (nSPS) is 21.5. The van der Waals surface area contributed by atoms with Crippen molar-refractivity contribution in [1.82, 2.24) is 19.5 Å². The molecule has 36 heavy (non-hydrogen) atoms. The number of carbonyl (C=O) groups excluding carboxylic acids is 1. The highest BCUT2D eigenvalue weighted by Gasteiger charge is 2.45. The predicted octanol–water partition coefficient (Wildman–Crippen LogP) is 1.05. The molecular weight excluding hydrogens is 498 g/mol. The number of aliphatic hydroxyl groups is 2. The number of non-ortho nitro benzene ring substituents is 1. The molecule has 4 rings (SSSR count). The Bertz CT molecular complexity index is 1270. The van der Waals surface area contributed by atoms with Gasteiger partial charge in [0.15, 0.2) is 11.9 Å². The van der Waals surface area contributed by atoms with Gasteiger partial charge in [-0.3, -0.25) is 24.3 Å². The van der Waals surface area contributed by atoms with Crippen molar-refractivity contribution in [3.8, 4) is 0 Å². The molecule has 2 aromatic heterocycles. The summed E-state index contributed by atoms with van der Waals surface area (Å²) in [6.07, 6.45) is -2.88. The molecule has 0 aliphatic carbocycles. The number of carboxylic acid groups (broad SMARTS) is 1. The summed E-state index contributed by atoms with van der Waals surface area (Å²) in [4.78, 5) is 45.4. The Morgan fingerprint density at radius 2 is 1.89 bits per heavy atom. The van der Waals surface area contributed by atoms with Gasteiger partial charge in [-0.1, -0.05) is 23.9 Å². The van der Waals surface area contributed by atoms with Crippen LogP contribution in [0, 0.1) is 10.1 Å². The number of aliphatic carboxylic acids is 1. The van der Waals surface area contributed by atoms with Crippen LogP contribution in [0.1, 0.15) is 24.6 Å². The van der Waals surface area contributed by atoms with Gasteiger partial charge < -0.3 is 24.8 Å². The maximum Gasteiger partial charge on any atom is 0.306 e. The number of benzene rings is 1. The number of nitro benzene ring substituents is 1. The number of esters is 1. The molecule has 1 aliphatic heterocycles. The molecule has 3 heterocycles. The highest BCUT2D eigenvalue weighted by Crippen LogP contribution is 2.34. The van der Waals surface area contributed by atoms with Crippen LogP contribution in [0.3, 0.4) is 0 Å². The quantitative estimate of drug-likeness (QED) is 0.113. The van der Waals surface area contributed by atoms with Crippen molar-refractivity contribution in [3.05, 3.63) is 52.6 Å². The van der Waals surface area contributed by atoms with Gasteiger partial charge in [-0.2, -0.15) is 0 Å². The van der Waals surface area contributed by atoms with E-state index in [9.17, 15) is 29.9 Å². The van der Waals surface area contributed by atoms with Gasteiger partial charge in [-0.25, -0.2) is 15.0 Å². The first-order valence-corrected chi connectivity index (χ1v) is 11.7. The number of rotatable bonds is 10. The highest BCUT2D eigenvalue weighted by atomic mass is 32.2. The first-order valence-electron chi connectivity index (χ1n) is 10.7. The molecule has 1 saturated heterocycles. The monoisotopic (exact) mass is 519 g/mol. The zero-order chi connectivity index (χ0) is 25.8. The molecule has 4 atom stereocenters. The standard InChI is InChI=1S/C21H21N5O9S/c27-14(28)5-6-15(29)34-7-13-17(30)18(31)21(35-13)25-10-24-16-19(25)22-9-23-20(16)36-8-11-1-3-12(4-2-11)26(32)33/h1-4,9-10,13,17-18,21,30-31H,5-8H2,(H,27,28)/t13-,17-,18-,21-/m1/s1. The molecule has 15 heteroatoms. The fraction of sp³-hybridized carbons (Fsp3) is 0.381. The van der Waals surface area contributed by atoms with Crippen LogP contribution in [0.5, 0.6) is 0 Å². The fourth-order valence-electron chi connectivity index (χ4n) is 3.54. The summed E-state index contributed by atoms with van der Waals surface area (Å²) < 4.78 is 12.1. The van der Waals surface area contributed by atoms with E-state index in [4.69, 9.17) is 14.6 Å². The van der Waals surface area contributed by atoms with Crippen LogP contribution in [0.25, 0.3) is 11.2 Å². The molecule has 1 fully saturated rings. The summed E-state index contributed by atoms with van der Waals surface area (Å²) in [7, 11) is 0. The zero-order valence-corrected chi connectivity index (χ0v) is 19.4. The lowest BCUT2D eigenvalue weighted by Crippen LogP contribution is -2.34. The molecule has 3 aromatic rings. The van der Waals surface area contributed by atoms with Crippen molar-refractivity contribution < 1.29 is 39.3 Å². The number of aromatic nitrogens is 4. The van der Waals surface area contributed by atoms with E-state index in [0.29, 0.717) is 21.9 Å². The molecule has 14 nitrogen and oxygen atoms in total. The Balaban J connectivity index is 1.44. The Morgan fingerprint density at radius 3 is 2.58 bits per heavy atom. The lowest BCUT2D eigenvalue weighted by atomic mass is 10.1. The van der Waals surface area contributed by atoms with Gasteiger partial charge in [0, 0.05) is 17.9 Å². The molecule has 1 aromatic carbocycles. The third kappa shape index (κ3) is 5.59. The van der Waals surface area contributed by atoms with E-state index in [1.165, 1.54) is 41.1 Å². The van der Waals surface area contributed by atoms with E-state index in [1.54, 1.807) is 12.1 Å². The summed E-state index contributed by atoms with van der Waals surface area (Å²) in [5, 5.41) is 40.9. The van der Waals surface area contributed by atoms with Crippen molar-refractivity contribution >= 4 is 40.6 Å². The Labute approximate surface area is 207 Å². The summed E-state index contributed by atoms with van der Waals surface area (Å²) >= 11 is 1.34. The molecule has 190 valence electrons. The van der Waals surface area contributed by atoms with E-state index in [1.807, 2.05) is 0 Å². The Morgan fingerprint density at radius 1 is 1.14 bits per heavy atom. The van der Waals surface area contributed by atoms with Gasteiger partial charge in [0.2, 0.25) is 0 Å². The second kappa shape index (κ2) is 10.9. The lowest BCUT2D eigenvalue weighted by molar-refractivity contribution is -0.384. The van der Waals surface area contributed by atoms with Crippen LogP contribution in [-0.4, -0.2) is 76.6 Å². The minimum absolute atomic E-state index is 0.00226. The molecule has 0 bridgehead atoms. The van der Waals surface area contributed by atoms with Crippen LogP contribution in [0.15, 0.2) is 41.9 Å². The van der Waals surface area contributed by atoms with Gasteiger partial charge in [-0.15, -0.1) is 0 Å². The zero-order valence-electron chi connectivity index (χ0n) is 18.5. The number of nitro groups is 1. The van der Waals surface area contributed by atoms with Crippen molar-refractivity contribution in [2.24, 2.45) is 0 Å².